The highest BCUT2D eigenvalue weighted by atomic mass is 79.9. The Morgan fingerprint density at radius 1 is 0.964 bits per heavy atom. The van der Waals surface area contributed by atoms with Crippen LogP contribution in [0.2, 0.25) is 0 Å². The summed E-state index contributed by atoms with van der Waals surface area (Å²) in [4.78, 5) is 0. The van der Waals surface area contributed by atoms with Crippen molar-refractivity contribution in [1.82, 2.24) is 9.34 Å². The average Bonchev–Trinajstić information content (AvgIpc) is 2.71. The molecule has 0 spiro atoms. The van der Waals surface area contributed by atoms with Gasteiger partial charge in [0.25, 0.3) is 0 Å². The topological polar surface area (TPSA) is 51.2 Å². The minimum atomic E-state index is -3.20. The molecule has 156 valence electrons. The van der Waals surface area contributed by atoms with E-state index >= 15 is 0 Å². The molecule has 0 aliphatic carbocycles. The molecule has 0 aliphatic rings. The van der Waals surface area contributed by atoms with Crippen molar-refractivity contribution in [2.75, 3.05) is 52.1 Å². The molecule has 0 saturated carbocycles. The van der Waals surface area contributed by atoms with Crippen LogP contribution >= 0.6 is 39.5 Å². The summed E-state index contributed by atoms with van der Waals surface area (Å²) in [5.74, 6) is 1.43. The quantitative estimate of drug-likeness (QED) is 0.292. The van der Waals surface area contributed by atoms with Crippen LogP contribution in [0, 0.1) is 0 Å². The van der Waals surface area contributed by atoms with Crippen molar-refractivity contribution >= 4 is 50.3 Å². The lowest BCUT2D eigenvalue weighted by atomic mass is 10.0. The molecular weight excluding hydrogens is 511 g/mol. The van der Waals surface area contributed by atoms with Gasteiger partial charge in [0.05, 0.1) is 20.8 Å². The molecule has 0 aromatic heterocycles. The zero-order valence-corrected chi connectivity index (χ0v) is 20.7. The van der Waals surface area contributed by atoms with Crippen LogP contribution < -0.4 is 9.47 Å². The standard InChI is InChI=1S/C19H27Br2N2O4P/c1-22(11-9-20)28(24,23(2)12-10-21)27-14-15-13-18(25-3)16-7-5-6-8-17(16)19(15)26-4/h5-8,13H,9-12,14H2,1-4H3. The number of hydrogen-bond acceptors (Lipinski definition) is 4. The second kappa shape index (κ2) is 11.0. The van der Waals surface area contributed by atoms with Gasteiger partial charge in [0.2, 0.25) is 0 Å². The van der Waals surface area contributed by atoms with Gasteiger partial charge in [-0.25, -0.2) is 9.34 Å². The Labute approximate surface area is 183 Å². The number of rotatable bonds is 11. The van der Waals surface area contributed by atoms with E-state index in [9.17, 15) is 4.57 Å². The number of nitrogens with zero attached hydrogens (tertiary/aromatic N) is 2. The summed E-state index contributed by atoms with van der Waals surface area (Å²) >= 11 is 6.83. The minimum Gasteiger partial charge on any atom is -0.496 e. The van der Waals surface area contributed by atoms with Crippen LogP contribution in [0.5, 0.6) is 11.5 Å². The van der Waals surface area contributed by atoms with Gasteiger partial charge in [0.1, 0.15) is 11.5 Å². The molecule has 0 fully saturated rings. The van der Waals surface area contributed by atoms with E-state index in [2.05, 4.69) is 31.9 Å². The number of ether oxygens (including phenoxy) is 2. The maximum Gasteiger partial charge on any atom is 0.345 e. The number of hydrogen-bond donors (Lipinski definition) is 0. The molecule has 9 heteroatoms. The van der Waals surface area contributed by atoms with Crippen LogP contribution in [0.25, 0.3) is 10.8 Å². The Morgan fingerprint density at radius 3 is 2.04 bits per heavy atom. The lowest BCUT2D eigenvalue weighted by Gasteiger charge is -2.33. The second-order valence-corrected chi connectivity index (χ2v) is 10.4. The predicted molar refractivity (Wildman–Crippen MR) is 122 cm³/mol. The van der Waals surface area contributed by atoms with Crippen LogP contribution in [0.1, 0.15) is 5.56 Å². The lowest BCUT2D eigenvalue weighted by Crippen LogP contribution is -2.30. The molecule has 6 nitrogen and oxygen atoms in total. The molecule has 28 heavy (non-hydrogen) atoms. The van der Waals surface area contributed by atoms with E-state index in [4.69, 9.17) is 14.0 Å². The highest BCUT2D eigenvalue weighted by Crippen LogP contribution is 2.53. The van der Waals surface area contributed by atoms with E-state index in [-0.39, 0.29) is 6.61 Å². The Bertz CT molecular complexity index is 821. The molecule has 0 aliphatic heterocycles. The molecular formula is C19H27Br2N2O4P. The minimum absolute atomic E-state index is 0.140. The summed E-state index contributed by atoms with van der Waals surface area (Å²) in [7, 11) is 3.68. The lowest BCUT2D eigenvalue weighted by molar-refractivity contribution is 0.221. The number of alkyl halides is 2. The molecule has 0 saturated heterocycles. The summed E-state index contributed by atoms with van der Waals surface area (Å²) < 4.78 is 34.5. The molecule has 0 atom stereocenters. The van der Waals surface area contributed by atoms with Crippen molar-refractivity contribution in [3.63, 3.8) is 0 Å². The van der Waals surface area contributed by atoms with Crippen LogP contribution in [-0.4, -0.2) is 61.4 Å². The summed E-state index contributed by atoms with van der Waals surface area (Å²) in [6, 6.07) is 9.76. The fourth-order valence-electron chi connectivity index (χ4n) is 3.00. The molecule has 0 heterocycles. The van der Waals surface area contributed by atoms with E-state index in [1.165, 1.54) is 0 Å². The van der Waals surface area contributed by atoms with Gasteiger partial charge in [0.15, 0.2) is 0 Å². The molecule has 0 N–H and O–H groups in total. The summed E-state index contributed by atoms with van der Waals surface area (Å²) in [6.07, 6.45) is 0. The van der Waals surface area contributed by atoms with Crippen LogP contribution in [-0.2, 0) is 15.7 Å². The number of fused-ring (bicyclic) bond motifs is 1. The van der Waals surface area contributed by atoms with Gasteiger partial charge in [-0.3, -0.25) is 4.57 Å². The van der Waals surface area contributed by atoms with Gasteiger partial charge in [-0.2, -0.15) is 0 Å². The Kier molecular flexibility index (Phi) is 9.25. The molecule has 2 rings (SSSR count). The number of benzene rings is 2. The Hall–Kier alpha value is -0.630. The third-order valence-corrected chi connectivity index (χ3v) is 7.83. The smallest absolute Gasteiger partial charge is 0.345 e. The van der Waals surface area contributed by atoms with E-state index in [0.717, 1.165) is 22.1 Å². The summed E-state index contributed by atoms with van der Waals surface area (Å²) in [6.45, 7) is 1.34. The van der Waals surface area contributed by atoms with Crippen molar-refractivity contribution in [3.05, 3.63) is 35.9 Å². The first kappa shape index (κ1) is 23.6. The molecule has 0 radical (unpaired) electrons. The number of methoxy groups -OCH3 is 2. The predicted octanol–water partition coefficient (Wildman–Crippen LogP) is 5.14. The van der Waals surface area contributed by atoms with Crippen LogP contribution in [0.15, 0.2) is 30.3 Å². The maximum absolute atomic E-state index is 13.7. The van der Waals surface area contributed by atoms with Gasteiger partial charge in [0, 0.05) is 40.1 Å². The molecule has 0 bridgehead atoms. The van der Waals surface area contributed by atoms with E-state index in [1.54, 1.807) is 23.6 Å². The van der Waals surface area contributed by atoms with Gasteiger partial charge < -0.3 is 14.0 Å². The highest BCUT2D eigenvalue weighted by Gasteiger charge is 2.34. The number of halogens is 2. The molecule has 2 aromatic carbocycles. The zero-order valence-electron chi connectivity index (χ0n) is 16.7. The first-order valence-electron chi connectivity index (χ1n) is 8.85. The SMILES string of the molecule is COc1cc(COP(=O)(N(C)CCBr)N(C)CCBr)c(OC)c2ccccc12. The van der Waals surface area contributed by atoms with Crippen molar-refractivity contribution in [1.29, 1.82) is 0 Å². The average molecular weight is 538 g/mol. The fourth-order valence-corrected chi connectivity index (χ4v) is 6.54. The third-order valence-electron chi connectivity index (χ3n) is 4.53. The maximum atomic E-state index is 13.7. The fraction of sp³-hybridized carbons (Fsp3) is 0.474. The first-order chi connectivity index (χ1) is 13.4. The Balaban J connectivity index is 2.42. The van der Waals surface area contributed by atoms with Crippen molar-refractivity contribution in [2.24, 2.45) is 0 Å². The zero-order chi connectivity index (χ0) is 20.7. The second-order valence-electron chi connectivity index (χ2n) is 6.22. The molecule has 0 amide bonds. The van der Waals surface area contributed by atoms with E-state index in [1.807, 2.05) is 44.4 Å². The third kappa shape index (κ3) is 5.10. The summed E-state index contributed by atoms with van der Waals surface area (Å²) in [5, 5.41) is 3.29. The molecule has 2 aromatic rings. The van der Waals surface area contributed by atoms with E-state index < -0.39 is 7.67 Å². The van der Waals surface area contributed by atoms with Crippen molar-refractivity contribution in [2.45, 2.75) is 6.61 Å². The normalized spacial score (nSPS) is 12.1. The van der Waals surface area contributed by atoms with Gasteiger partial charge >= 0.3 is 7.67 Å². The largest absolute Gasteiger partial charge is 0.496 e. The molecule has 0 unspecified atom stereocenters. The van der Waals surface area contributed by atoms with Gasteiger partial charge in [-0.05, 0) is 20.2 Å². The summed E-state index contributed by atoms with van der Waals surface area (Å²) in [5.41, 5.74) is 0.790. The van der Waals surface area contributed by atoms with Crippen LogP contribution in [0.4, 0.5) is 0 Å². The Morgan fingerprint density at radius 2 is 1.54 bits per heavy atom. The highest BCUT2D eigenvalue weighted by molar-refractivity contribution is 9.09. The van der Waals surface area contributed by atoms with Crippen molar-refractivity contribution in [3.8, 4) is 11.5 Å². The monoisotopic (exact) mass is 536 g/mol. The van der Waals surface area contributed by atoms with Gasteiger partial charge in [-0.15, -0.1) is 0 Å². The van der Waals surface area contributed by atoms with E-state index in [0.29, 0.717) is 29.5 Å². The van der Waals surface area contributed by atoms with Gasteiger partial charge in [-0.1, -0.05) is 56.1 Å². The van der Waals surface area contributed by atoms with Crippen LogP contribution in [0.3, 0.4) is 0 Å². The van der Waals surface area contributed by atoms with Crippen molar-refractivity contribution < 1.29 is 18.6 Å². The first-order valence-corrected chi connectivity index (χ1v) is 12.6.